The summed E-state index contributed by atoms with van der Waals surface area (Å²) in [4.78, 5) is 43.1. The molecule has 0 saturated heterocycles. The van der Waals surface area contributed by atoms with E-state index in [1.54, 1.807) is 72.7 Å². The van der Waals surface area contributed by atoms with Crippen LogP contribution < -0.4 is 15.0 Å². The van der Waals surface area contributed by atoms with Crippen LogP contribution in [0.25, 0.3) is 10.8 Å². The number of anilines is 2. The summed E-state index contributed by atoms with van der Waals surface area (Å²) in [5.41, 5.74) is -1.65. The summed E-state index contributed by atoms with van der Waals surface area (Å²) in [6.07, 6.45) is -0.768. The lowest BCUT2D eigenvalue weighted by Crippen LogP contribution is -2.44. The molecule has 1 unspecified atom stereocenters. The van der Waals surface area contributed by atoms with Gasteiger partial charge in [-0.2, -0.15) is 4.90 Å². The molecule has 0 saturated carbocycles. The van der Waals surface area contributed by atoms with Crippen LogP contribution in [0.15, 0.2) is 48.7 Å². The molecule has 0 fully saturated rings. The van der Waals surface area contributed by atoms with Crippen molar-refractivity contribution in [2.24, 2.45) is 0 Å². The number of hydrogen-bond acceptors (Lipinski definition) is 8. The Morgan fingerprint density at radius 3 is 2.17 bits per heavy atom. The quantitative estimate of drug-likeness (QED) is 0.328. The Morgan fingerprint density at radius 1 is 1.00 bits per heavy atom. The summed E-state index contributed by atoms with van der Waals surface area (Å²) < 4.78 is 31.8. The molecule has 0 aliphatic rings. The summed E-state index contributed by atoms with van der Waals surface area (Å²) in [5.74, 6) is -1.79. The van der Waals surface area contributed by atoms with Gasteiger partial charge in [-0.05, 0) is 89.7 Å². The zero-order chi connectivity index (χ0) is 29.8. The van der Waals surface area contributed by atoms with Gasteiger partial charge in [-0.15, -0.1) is 0 Å². The standard InChI is InChI=1S/C29H34FN3O7/c1-8-38-19-11-9-10-18(14-19)23(25(34)35)32-22-15-17-12-13-31-24(20(17)16-21(22)30)33(26(36)39-28(2,3)4)27(37)40-29(5,6)7/h9-16,23,32H,8H2,1-7H3,(H,34,35). The van der Waals surface area contributed by atoms with Crippen LogP contribution in [0, 0.1) is 5.82 Å². The molecular formula is C29H34FN3O7. The van der Waals surface area contributed by atoms with Crippen LogP contribution in [-0.4, -0.2) is 46.1 Å². The van der Waals surface area contributed by atoms with E-state index in [1.807, 2.05) is 0 Å². The molecule has 1 aromatic heterocycles. The minimum atomic E-state index is -1.30. The van der Waals surface area contributed by atoms with Gasteiger partial charge in [0.15, 0.2) is 11.9 Å². The summed E-state index contributed by atoms with van der Waals surface area (Å²) in [5, 5.41) is 13.1. The van der Waals surface area contributed by atoms with Gasteiger partial charge in [-0.25, -0.2) is 23.8 Å². The summed E-state index contributed by atoms with van der Waals surface area (Å²) in [7, 11) is 0. The first-order valence-corrected chi connectivity index (χ1v) is 12.7. The van der Waals surface area contributed by atoms with Crippen molar-refractivity contribution in [3.8, 4) is 5.75 Å². The lowest BCUT2D eigenvalue weighted by atomic mass is 10.0. The van der Waals surface area contributed by atoms with E-state index in [0.29, 0.717) is 28.2 Å². The Balaban J connectivity index is 2.08. The zero-order valence-electron chi connectivity index (χ0n) is 23.6. The molecule has 2 N–H and O–H groups in total. The maximum Gasteiger partial charge on any atom is 0.425 e. The molecule has 0 bridgehead atoms. The van der Waals surface area contributed by atoms with Crippen molar-refractivity contribution in [1.29, 1.82) is 0 Å². The highest BCUT2D eigenvalue weighted by Gasteiger charge is 2.35. The number of nitrogens with one attached hydrogen (secondary N) is 1. The molecule has 3 rings (SSSR count). The molecule has 1 atom stereocenters. The number of amides is 2. The third kappa shape index (κ3) is 7.58. The summed E-state index contributed by atoms with van der Waals surface area (Å²) in [6, 6.07) is 9.18. The maximum atomic E-state index is 15.5. The maximum absolute atomic E-state index is 15.5. The van der Waals surface area contributed by atoms with E-state index < -0.39 is 41.2 Å². The normalized spacial score (nSPS) is 12.4. The van der Waals surface area contributed by atoms with Crippen LogP contribution in [0.5, 0.6) is 5.75 Å². The highest BCUT2D eigenvalue weighted by molar-refractivity contribution is 6.14. The molecule has 2 aromatic carbocycles. The Kier molecular flexibility index (Phi) is 8.87. The van der Waals surface area contributed by atoms with Gasteiger partial charge in [-0.1, -0.05) is 12.1 Å². The number of aromatic nitrogens is 1. The molecule has 0 aliphatic heterocycles. The van der Waals surface area contributed by atoms with Crippen LogP contribution in [0.4, 0.5) is 25.5 Å². The number of aliphatic carboxylic acids is 1. The average Bonchev–Trinajstić information content (AvgIpc) is 2.81. The van der Waals surface area contributed by atoms with E-state index in [2.05, 4.69) is 10.3 Å². The molecule has 0 spiro atoms. The molecule has 1 heterocycles. The third-order valence-corrected chi connectivity index (χ3v) is 5.24. The van der Waals surface area contributed by atoms with Gasteiger partial charge in [0.1, 0.15) is 22.8 Å². The van der Waals surface area contributed by atoms with Crippen LogP contribution in [0.2, 0.25) is 0 Å². The van der Waals surface area contributed by atoms with Crippen molar-refractivity contribution in [3.05, 3.63) is 60.0 Å². The summed E-state index contributed by atoms with van der Waals surface area (Å²) in [6.45, 7) is 12.0. The predicted octanol–water partition coefficient (Wildman–Crippen LogP) is 6.69. The van der Waals surface area contributed by atoms with Gasteiger partial charge in [0.05, 0.1) is 12.3 Å². The number of carboxylic acids is 1. The first-order valence-electron chi connectivity index (χ1n) is 12.7. The van der Waals surface area contributed by atoms with Crippen molar-refractivity contribution in [2.45, 2.75) is 65.7 Å². The SMILES string of the molecule is CCOc1cccc(C(Nc2cc3ccnc(N(C(=O)OC(C)(C)C)C(=O)OC(C)(C)C)c3cc2F)C(=O)O)c1. The number of carbonyl (C=O) groups excluding carboxylic acids is 2. The van der Waals surface area contributed by atoms with Crippen LogP contribution in [0.3, 0.4) is 0 Å². The van der Waals surface area contributed by atoms with E-state index in [4.69, 9.17) is 14.2 Å². The zero-order valence-corrected chi connectivity index (χ0v) is 23.6. The molecule has 10 nitrogen and oxygen atoms in total. The topological polar surface area (TPSA) is 127 Å². The fourth-order valence-electron chi connectivity index (χ4n) is 3.72. The van der Waals surface area contributed by atoms with Crippen molar-refractivity contribution < 1.29 is 38.1 Å². The predicted molar refractivity (Wildman–Crippen MR) is 148 cm³/mol. The van der Waals surface area contributed by atoms with Gasteiger partial charge in [-0.3, -0.25) is 0 Å². The highest BCUT2D eigenvalue weighted by atomic mass is 19.1. The van der Waals surface area contributed by atoms with Crippen LogP contribution in [0.1, 0.15) is 60.1 Å². The average molecular weight is 556 g/mol. The van der Waals surface area contributed by atoms with E-state index in [0.717, 1.165) is 6.07 Å². The van der Waals surface area contributed by atoms with Gasteiger partial charge >= 0.3 is 18.2 Å². The smallest absolute Gasteiger partial charge is 0.425 e. The highest BCUT2D eigenvalue weighted by Crippen LogP contribution is 2.33. The fraction of sp³-hybridized carbons (Fsp3) is 0.379. The van der Waals surface area contributed by atoms with Gasteiger partial charge in [0.25, 0.3) is 0 Å². The molecule has 3 aromatic rings. The van der Waals surface area contributed by atoms with Gasteiger partial charge < -0.3 is 24.6 Å². The third-order valence-electron chi connectivity index (χ3n) is 5.24. The molecule has 11 heteroatoms. The molecular weight excluding hydrogens is 521 g/mol. The van der Waals surface area contributed by atoms with E-state index >= 15 is 4.39 Å². The number of halogens is 1. The van der Waals surface area contributed by atoms with Crippen molar-refractivity contribution >= 4 is 40.4 Å². The molecule has 0 aliphatic carbocycles. The second-order valence-corrected chi connectivity index (χ2v) is 10.9. The first-order chi connectivity index (χ1) is 18.6. The minimum absolute atomic E-state index is 0.104. The van der Waals surface area contributed by atoms with Crippen LogP contribution in [-0.2, 0) is 14.3 Å². The van der Waals surface area contributed by atoms with Crippen molar-refractivity contribution in [3.63, 3.8) is 0 Å². The Morgan fingerprint density at radius 2 is 1.62 bits per heavy atom. The number of imide groups is 1. The fourth-order valence-corrected chi connectivity index (χ4v) is 3.72. The van der Waals surface area contributed by atoms with E-state index in [-0.39, 0.29) is 16.9 Å². The number of pyridine rings is 1. The monoisotopic (exact) mass is 555 g/mol. The number of benzene rings is 2. The lowest BCUT2D eigenvalue weighted by molar-refractivity contribution is -0.138. The number of ether oxygens (including phenoxy) is 3. The first kappa shape index (κ1) is 30.1. The number of carbonyl (C=O) groups is 3. The number of nitrogens with zero attached hydrogens (tertiary/aromatic N) is 2. The second-order valence-electron chi connectivity index (χ2n) is 10.9. The van der Waals surface area contributed by atoms with Gasteiger partial charge in [0.2, 0.25) is 0 Å². The van der Waals surface area contributed by atoms with Crippen LogP contribution >= 0.6 is 0 Å². The molecule has 2 amide bonds. The Hall–Kier alpha value is -4.41. The van der Waals surface area contributed by atoms with Crippen molar-refractivity contribution in [2.75, 3.05) is 16.8 Å². The molecule has 40 heavy (non-hydrogen) atoms. The van der Waals surface area contributed by atoms with Gasteiger partial charge in [0, 0.05) is 11.6 Å². The number of rotatable bonds is 7. The molecule has 0 radical (unpaired) electrons. The minimum Gasteiger partial charge on any atom is -0.494 e. The molecule has 214 valence electrons. The lowest BCUT2D eigenvalue weighted by Gasteiger charge is -2.28. The number of fused-ring (bicyclic) bond motifs is 1. The van der Waals surface area contributed by atoms with E-state index in [9.17, 15) is 19.5 Å². The Labute approximate surface area is 232 Å². The largest absolute Gasteiger partial charge is 0.494 e. The Bertz CT molecular complexity index is 1380. The van der Waals surface area contributed by atoms with E-state index in [1.165, 1.54) is 18.3 Å². The van der Waals surface area contributed by atoms with Crippen molar-refractivity contribution in [1.82, 2.24) is 4.98 Å². The number of hydrogen-bond donors (Lipinski definition) is 2. The second kappa shape index (κ2) is 11.8. The summed E-state index contributed by atoms with van der Waals surface area (Å²) >= 11 is 0. The number of carboxylic acid groups (broad SMARTS) is 1.